The fraction of sp³-hybridized carbons (Fsp3) is 0.348. The van der Waals surface area contributed by atoms with Gasteiger partial charge in [0.05, 0.1) is 6.54 Å². The van der Waals surface area contributed by atoms with E-state index in [-0.39, 0.29) is 18.0 Å². The van der Waals surface area contributed by atoms with Crippen LogP contribution >= 0.6 is 0 Å². The van der Waals surface area contributed by atoms with E-state index in [0.29, 0.717) is 38.3 Å². The molecule has 1 aliphatic rings. The molecule has 9 nitrogen and oxygen atoms in total. The van der Waals surface area contributed by atoms with E-state index in [0.717, 1.165) is 24.1 Å². The van der Waals surface area contributed by atoms with Crippen molar-refractivity contribution in [2.75, 3.05) is 18.4 Å². The highest BCUT2D eigenvalue weighted by molar-refractivity contribution is 5.89. The van der Waals surface area contributed by atoms with E-state index < -0.39 is 0 Å². The zero-order chi connectivity index (χ0) is 22.2. The predicted octanol–water partition coefficient (Wildman–Crippen LogP) is 2.93. The number of carbonyl (C=O) groups excluding carboxylic acids is 2. The van der Waals surface area contributed by atoms with Gasteiger partial charge in [0.15, 0.2) is 0 Å². The average molecular weight is 434 g/mol. The fourth-order valence-electron chi connectivity index (χ4n) is 3.72. The highest BCUT2D eigenvalue weighted by atomic mass is 16.2. The summed E-state index contributed by atoms with van der Waals surface area (Å²) in [5.41, 5.74) is 1.68. The number of para-hydroxylation sites is 1. The number of hydrogen-bond acceptors (Lipinski definition) is 5. The molecule has 1 aliphatic heterocycles. The number of hydrogen-bond donors (Lipinski definition) is 2. The Balaban J connectivity index is 1.15. The molecule has 166 valence electrons. The summed E-state index contributed by atoms with van der Waals surface area (Å²) < 4.78 is 0. The highest BCUT2D eigenvalue weighted by Crippen LogP contribution is 2.14. The molecule has 1 aromatic heterocycles. The number of anilines is 1. The van der Waals surface area contributed by atoms with Crippen molar-refractivity contribution in [3.63, 3.8) is 0 Å². The van der Waals surface area contributed by atoms with Crippen molar-refractivity contribution in [2.45, 2.75) is 38.3 Å². The third-order valence-corrected chi connectivity index (χ3v) is 5.45. The summed E-state index contributed by atoms with van der Waals surface area (Å²) in [7, 11) is 0. The van der Waals surface area contributed by atoms with Gasteiger partial charge in [-0.25, -0.2) is 4.79 Å². The Bertz CT molecular complexity index is 1020. The number of tetrazole rings is 1. The highest BCUT2D eigenvalue weighted by Gasteiger charge is 2.23. The largest absolute Gasteiger partial charge is 0.343 e. The van der Waals surface area contributed by atoms with Gasteiger partial charge in [0.25, 0.3) is 0 Å². The minimum Gasteiger partial charge on any atom is -0.343 e. The maximum absolute atomic E-state index is 12.5. The minimum atomic E-state index is -0.212. The molecule has 2 aromatic carbocycles. The van der Waals surface area contributed by atoms with Crippen molar-refractivity contribution >= 4 is 17.6 Å². The van der Waals surface area contributed by atoms with Gasteiger partial charge in [0.2, 0.25) is 11.7 Å². The van der Waals surface area contributed by atoms with Gasteiger partial charge >= 0.3 is 6.03 Å². The van der Waals surface area contributed by atoms with E-state index >= 15 is 0 Å². The van der Waals surface area contributed by atoms with E-state index in [9.17, 15) is 9.59 Å². The van der Waals surface area contributed by atoms with Crippen LogP contribution in [0.2, 0.25) is 0 Å². The molecule has 0 saturated carbocycles. The lowest BCUT2D eigenvalue weighted by Crippen LogP contribution is -2.47. The zero-order valence-corrected chi connectivity index (χ0v) is 17.9. The van der Waals surface area contributed by atoms with Crippen LogP contribution < -0.4 is 10.6 Å². The predicted molar refractivity (Wildman–Crippen MR) is 121 cm³/mol. The van der Waals surface area contributed by atoms with Gasteiger partial charge in [-0.05, 0) is 36.6 Å². The Hall–Kier alpha value is -3.75. The standard InChI is InChI=1S/C23H27N7O2/c31-21(12-7-15-30-27-22(26-28-30)18-8-3-1-4-9-18)29-16-13-20(14-17-29)25-23(32)24-19-10-5-2-6-11-19/h1-6,8-11,20H,7,12-17H2,(H2,24,25,32). The number of amides is 3. The fourth-order valence-corrected chi connectivity index (χ4v) is 3.72. The summed E-state index contributed by atoms with van der Waals surface area (Å²) in [6.07, 6.45) is 2.59. The van der Waals surface area contributed by atoms with E-state index in [1.807, 2.05) is 65.6 Å². The van der Waals surface area contributed by atoms with Crippen LogP contribution in [0.25, 0.3) is 11.4 Å². The van der Waals surface area contributed by atoms with Gasteiger partial charge < -0.3 is 15.5 Å². The molecule has 0 atom stereocenters. The Morgan fingerprint density at radius 2 is 1.66 bits per heavy atom. The maximum atomic E-state index is 12.5. The second-order valence-electron chi connectivity index (χ2n) is 7.80. The number of aryl methyl sites for hydroxylation is 1. The number of urea groups is 1. The maximum Gasteiger partial charge on any atom is 0.319 e. The van der Waals surface area contributed by atoms with Gasteiger partial charge in [-0.3, -0.25) is 4.79 Å². The van der Waals surface area contributed by atoms with Gasteiger partial charge in [-0.2, -0.15) is 4.80 Å². The number of nitrogens with zero attached hydrogens (tertiary/aromatic N) is 5. The van der Waals surface area contributed by atoms with Gasteiger partial charge in [-0.15, -0.1) is 10.2 Å². The van der Waals surface area contributed by atoms with Gasteiger partial charge in [-0.1, -0.05) is 48.5 Å². The lowest BCUT2D eigenvalue weighted by Gasteiger charge is -2.32. The average Bonchev–Trinajstić information content (AvgIpc) is 3.30. The van der Waals surface area contributed by atoms with Crippen LogP contribution in [-0.4, -0.2) is 56.2 Å². The van der Waals surface area contributed by atoms with Crippen molar-refractivity contribution in [1.29, 1.82) is 0 Å². The molecule has 4 rings (SSSR count). The third-order valence-electron chi connectivity index (χ3n) is 5.45. The molecule has 0 aliphatic carbocycles. The van der Waals surface area contributed by atoms with Gasteiger partial charge in [0, 0.05) is 36.8 Å². The quantitative estimate of drug-likeness (QED) is 0.596. The molecule has 0 unspecified atom stereocenters. The topological polar surface area (TPSA) is 105 Å². The van der Waals surface area contributed by atoms with Crippen LogP contribution in [0.1, 0.15) is 25.7 Å². The Morgan fingerprint density at radius 3 is 2.38 bits per heavy atom. The number of carbonyl (C=O) groups is 2. The minimum absolute atomic E-state index is 0.0681. The zero-order valence-electron chi connectivity index (χ0n) is 17.9. The third kappa shape index (κ3) is 5.90. The van der Waals surface area contributed by atoms with Crippen LogP contribution in [0.3, 0.4) is 0 Å². The smallest absolute Gasteiger partial charge is 0.319 e. The molecule has 32 heavy (non-hydrogen) atoms. The molecule has 1 saturated heterocycles. The molecular weight excluding hydrogens is 406 g/mol. The number of benzene rings is 2. The number of nitrogens with one attached hydrogen (secondary N) is 2. The molecule has 0 spiro atoms. The normalized spacial score (nSPS) is 14.2. The van der Waals surface area contributed by atoms with Crippen molar-refractivity contribution in [3.8, 4) is 11.4 Å². The molecular formula is C23H27N7O2. The van der Waals surface area contributed by atoms with Crippen LogP contribution in [-0.2, 0) is 11.3 Å². The summed E-state index contributed by atoms with van der Waals surface area (Å²) in [4.78, 5) is 28.1. The molecule has 9 heteroatoms. The molecule has 1 fully saturated rings. The Kier molecular flexibility index (Phi) is 7.06. The second kappa shape index (κ2) is 10.5. The van der Waals surface area contributed by atoms with Crippen LogP contribution in [0, 0.1) is 0 Å². The second-order valence-corrected chi connectivity index (χ2v) is 7.80. The molecule has 2 heterocycles. The first-order valence-electron chi connectivity index (χ1n) is 10.9. The number of piperidine rings is 1. The first-order valence-corrected chi connectivity index (χ1v) is 10.9. The van der Waals surface area contributed by atoms with E-state index in [4.69, 9.17) is 0 Å². The van der Waals surface area contributed by atoms with E-state index in [2.05, 4.69) is 26.0 Å². The summed E-state index contributed by atoms with van der Waals surface area (Å²) >= 11 is 0. The summed E-state index contributed by atoms with van der Waals surface area (Å²) in [5, 5.41) is 18.4. The molecule has 0 radical (unpaired) electrons. The Labute approximate surface area is 186 Å². The van der Waals surface area contributed by atoms with Crippen LogP contribution in [0.15, 0.2) is 60.7 Å². The number of aromatic nitrogens is 4. The van der Waals surface area contributed by atoms with E-state index in [1.165, 1.54) is 4.80 Å². The first kappa shape index (κ1) is 21.5. The molecule has 2 N–H and O–H groups in total. The van der Waals surface area contributed by atoms with Crippen LogP contribution in [0.5, 0.6) is 0 Å². The summed E-state index contributed by atoms with van der Waals surface area (Å²) in [5.74, 6) is 0.711. The van der Waals surface area contributed by atoms with Crippen molar-refractivity contribution in [1.82, 2.24) is 30.4 Å². The molecule has 0 bridgehead atoms. The summed E-state index contributed by atoms with van der Waals surface area (Å²) in [6, 6.07) is 18.9. The molecule has 3 aromatic rings. The Morgan fingerprint density at radius 1 is 0.969 bits per heavy atom. The van der Waals surface area contributed by atoms with Crippen molar-refractivity contribution < 1.29 is 9.59 Å². The number of likely N-dealkylation sites (tertiary alicyclic amines) is 1. The SMILES string of the molecule is O=C(Nc1ccccc1)NC1CCN(C(=O)CCCn2nnc(-c3ccccc3)n2)CC1. The molecule has 3 amide bonds. The lowest BCUT2D eigenvalue weighted by molar-refractivity contribution is -0.132. The first-order chi connectivity index (χ1) is 15.7. The monoisotopic (exact) mass is 433 g/mol. The van der Waals surface area contributed by atoms with Crippen LogP contribution in [0.4, 0.5) is 10.5 Å². The lowest BCUT2D eigenvalue weighted by atomic mass is 10.0. The summed E-state index contributed by atoms with van der Waals surface area (Å²) in [6.45, 7) is 1.84. The van der Waals surface area contributed by atoms with Crippen molar-refractivity contribution in [3.05, 3.63) is 60.7 Å². The number of rotatable bonds is 7. The van der Waals surface area contributed by atoms with Gasteiger partial charge in [0.1, 0.15) is 0 Å². The van der Waals surface area contributed by atoms with E-state index in [1.54, 1.807) is 0 Å². The van der Waals surface area contributed by atoms with Crippen molar-refractivity contribution in [2.24, 2.45) is 0 Å².